The van der Waals surface area contributed by atoms with Crippen molar-refractivity contribution in [3.63, 3.8) is 0 Å². The number of nitrogens with zero attached hydrogens (tertiary/aromatic N) is 2. The summed E-state index contributed by atoms with van der Waals surface area (Å²) in [4.78, 5) is 16.6. The van der Waals surface area contributed by atoms with Crippen LogP contribution in [0.4, 0.5) is 5.69 Å². The SMILES string of the molecule is CC1(N)CCCCC1C(=O)Nc1cccc(-n2ccnc2)c1.Cl.Cl. The third-order valence-corrected chi connectivity index (χ3v) is 4.49. The van der Waals surface area contributed by atoms with E-state index in [9.17, 15) is 4.79 Å². The van der Waals surface area contributed by atoms with Crippen molar-refractivity contribution < 1.29 is 4.79 Å². The molecule has 3 rings (SSSR count). The van der Waals surface area contributed by atoms with Crippen LogP contribution in [-0.4, -0.2) is 21.0 Å². The minimum absolute atomic E-state index is 0. The van der Waals surface area contributed by atoms with Gasteiger partial charge in [0.25, 0.3) is 0 Å². The van der Waals surface area contributed by atoms with Crippen LogP contribution in [0.2, 0.25) is 0 Å². The fraction of sp³-hybridized carbons (Fsp3) is 0.412. The van der Waals surface area contributed by atoms with Crippen LogP contribution in [0.5, 0.6) is 0 Å². The molecular formula is C17H24Cl2N4O. The number of halogens is 2. The first-order valence-electron chi connectivity index (χ1n) is 7.74. The number of carbonyl (C=O) groups is 1. The van der Waals surface area contributed by atoms with Crippen LogP contribution < -0.4 is 11.1 Å². The minimum Gasteiger partial charge on any atom is -0.326 e. The number of rotatable bonds is 3. The summed E-state index contributed by atoms with van der Waals surface area (Å²) in [5, 5.41) is 3.02. The Bertz CT molecular complexity index is 658. The molecule has 2 aromatic rings. The summed E-state index contributed by atoms with van der Waals surface area (Å²) in [5.74, 6) is -0.106. The number of nitrogens with two attached hydrogens (primary N) is 1. The third-order valence-electron chi connectivity index (χ3n) is 4.49. The molecule has 1 fully saturated rings. The molecule has 1 heterocycles. The highest BCUT2D eigenvalue weighted by molar-refractivity contribution is 5.93. The summed E-state index contributed by atoms with van der Waals surface area (Å²) in [7, 11) is 0. The van der Waals surface area contributed by atoms with E-state index in [0.717, 1.165) is 37.1 Å². The van der Waals surface area contributed by atoms with Crippen LogP contribution in [0, 0.1) is 5.92 Å². The largest absolute Gasteiger partial charge is 0.326 e. The van der Waals surface area contributed by atoms with Gasteiger partial charge in [-0.3, -0.25) is 4.79 Å². The van der Waals surface area contributed by atoms with E-state index < -0.39 is 5.54 Å². The fourth-order valence-electron chi connectivity index (χ4n) is 3.17. The quantitative estimate of drug-likeness (QED) is 0.867. The zero-order valence-corrected chi connectivity index (χ0v) is 15.3. The van der Waals surface area contributed by atoms with Gasteiger partial charge in [-0.05, 0) is 38.0 Å². The van der Waals surface area contributed by atoms with Crippen molar-refractivity contribution in [3.05, 3.63) is 43.0 Å². The van der Waals surface area contributed by atoms with Gasteiger partial charge in [-0.15, -0.1) is 24.8 Å². The molecule has 132 valence electrons. The van der Waals surface area contributed by atoms with E-state index in [1.165, 1.54) is 0 Å². The monoisotopic (exact) mass is 370 g/mol. The van der Waals surface area contributed by atoms with Crippen molar-refractivity contribution in [1.29, 1.82) is 0 Å². The zero-order valence-electron chi connectivity index (χ0n) is 13.6. The molecule has 0 saturated heterocycles. The highest BCUT2D eigenvalue weighted by Gasteiger charge is 2.37. The minimum atomic E-state index is -0.412. The van der Waals surface area contributed by atoms with Crippen molar-refractivity contribution in [2.24, 2.45) is 11.7 Å². The van der Waals surface area contributed by atoms with Gasteiger partial charge in [0.1, 0.15) is 0 Å². The number of carbonyl (C=O) groups excluding carboxylic acids is 1. The van der Waals surface area contributed by atoms with Gasteiger partial charge in [-0.1, -0.05) is 18.9 Å². The molecule has 1 aliphatic carbocycles. The second kappa shape index (κ2) is 8.51. The number of imidazole rings is 1. The van der Waals surface area contributed by atoms with Gasteiger partial charge in [0, 0.05) is 29.3 Å². The summed E-state index contributed by atoms with van der Waals surface area (Å²) in [6.07, 6.45) is 9.28. The summed E-state index contributed by atoms with van der Waals surface area (Å²) in [6.45, 7) is 1.98. The molecule has 3 N–H and O–H groups in total. The number of hydrogen-bond acceptors (Lipinski definition) is 3. The summed E-state index contributed by atoms with van der Waals surface area (Å²) in [6, 6.07) is 7.74. The molecule has 1 aromatic carbocycles. The van der Waals surface area contributed by atoms with Crippen LogP contribution in [0.25, 0.3) is 5.69 Å². The maximum Gasteiger partial charge on any atom is 0.229 e. The van der Waals surface area contributed by atoms with Gasteiger partial charge < -0.3 is 15.6 Å². The van der Waals surface area contributed by atoms with Crippen molar-refractivity contribution in [3.8, 4) is 5.69 Å². The number of hydrogen-bond donors (Lipinski definition) is 2. The lowest BCUT2D eigenvalue weighted by molar-refractivity contribution is -0.122. The predicted octanol–water partition coefficient (Wildman–Crippen LogP) is 3.56. The van der Waals surface area contributed by atoms with Crippen molar-refractivity contribution >= 4 is 36.4 Å². The molecule has 1 aromatic heterocycles. The summed E-state index contributed by atoms with van der Waals surface area (Å²) >= 11 is 0. The van der Waals surface area contributed by atoms with E-state index in [1.807, 2.05) is 42.0 Å². The third kappa shape index (κ3) is 4.50. The first-order chi connectivity index (χ1) is 10.6. The molecule has 0 radical (unpaired) electrons. The summed E-state index contributed by atoms with van der Waals surface area (Å²) in [5.41, 5.74) is 7.65. The highest BCUT2D eigenvalue weighted by Crippen LogP contribution is 2.32. The number of amides is 1. The Morgan fingerprint density at radius 3 is 2.83 bits per heavy atom. The lowest BCUT2D eigenvalue weighted by atomic mass is 9.74. The molecule has 24 heavy (non-hydrogen) atoms. The fourth-order valence-corrected chi connectivity index (χ4v) is 3.17. The first kappa shape index (κ1) is 20.5. The van der Waals surface area contributed by atoms with Crippen LogP contribution >= 0.6 is 24.8 Å². The van der Waals surface area contributed by atoms with Crippen LogP contribution in [0.15, 0.2) is 43.0 Å². The Hall–Kier alpha value is -1.56. The highest BCUT2D eigenvalue weighted by atomic mass is 35.5. The van der Waals surface area contributed by atoms with Gasteiger partial charge in [0.05, 0.1) is 12.2 Å². The van der Waals surface area contributed by atoms with E-state index >= 15 is 0 Å². The Morgan fingerprint density at radius 2 is 2.17 bits per heavy atom. The van der Waals surface area contributed by atoms with Crippen molar-refractivity contribution in [2.45, 2.75) is 38.1 Å². The number of aromatic nitrogens is 2. The lowest BCUT2D eigenvalue weighted by Crippen LogP contribution is -2.51. The molecule has 0 bridgehead atoms. The van der Waals surface area contributed by atoms with Gasteiger partial charge in [0.15, 0.2) is 0 Å². The first-order valence-corrected chi connectivity index (χ1v) is 7.74. The second-order valence-electron chi connectivity index (χ2n) is 6.31. The number of benzene rings is 1. The van der Waals surface area contributed by atoms with Gasteiger partial charge >= 0.3 is 0 Å². The van der Waals surface area contributed by atoms with Crippen LogP contribution in [0.3, 0.4) is 0 Å². The molecule has 0 aliphatic heterocycles. The second-order valence-corrected chi connectivity index (χ2v) is 6.31. The Balaban J connectivity index is 0.00000144. The van der Waals surface area contributed by atoms with Crippen molar-refractivity contribution in [2.75, 3.05) is 5.32 Å². The number of anilines is 1. The van der Waals surface area contributed by atoms with E-state index in [-0.39, 0.29) is 36.6 Å². The molecular weight excluding hydrogens is 347 g/mol. The molecule has 2 atom stereocenters. The molecule has 1 amide bonds. The normalized spacial score (nSPS) is 22.8. The van der Waals surface area contributed by atoms with E-state index in [2.05, 4.69) is 10.3 Å². The van der Waals surface area contributed by atoms with Gasteiger partial charge in [-0.25, -0.2) is 4.98 Å². The Morgan fingerprint density at radius 1 is 1.38 bits per heavy atom. The molecule has 7 heteroatoms. The maximum absolute atomic E-state index is 12.6. The van der Waals surface area contributed by atoms with Crippen LogP contribution in [0.1, 0.15) is 32.6 Å². The molecule has 5 nitrogen and oxygen atoms in total. The molecule has 0 spiro atoms. The van der Waals surface area contributed by atoms with Gasteiger partial charge in [0.2, 0.25) is 5.91 Å². The smallest absolute Gasteiger partial charge is 0.229 e. The average molecular weight is 371 g/mol. The predicted molar refractivity (Wildman–Crippen MR) is 101 cm³/mol. The van der Waals surface area contributed by atoms with Gasteiger partial charge in [-0.2, -0.15) is 0 Å². The number of nitrogens with one attached hydrogen (secondary N) is 1. The molecule has 1 saturated carbocycles. The lowest BCUT2D eigenvalue weighted by Gasteiger charge is -2.37. The maximum atomic E-state index is 12.6. The average Bonchev–Trinajstić information content (AvgIpc) is 3.01. The van der Waals surface area contributed by atoms with E-state index in [4.69, 9.17) is 5.73 Å². The standard InChI is InChI=1S/C17H22N4O.2ClH/c1-17(18)8-3-2-7-15(17)16(22)20-13-5-4-6-14(11-13)21-10-9-19-12-21;;/h4-6,9-12,15H,2-3,7-8,18H2,1H3,(H,20,22);2*1H. The molecule has 2 unspecified atom stereocenters. The molecule has 1 aliphatic rings. The van der Waals surface area contributed by atoms with E-state index in [0.29, 0.717) is 0 Å². The zero-order chi connectivity index (χ0) is 15.6. The van der Waals surface area contributed by atoms with Crippen LogP contribution in [-0.2, 0) is 4.79 Å². The topological polar surface area (TPSA) is 72.9 Å². The Labute approximate surface area is 154 Å². The Kier molecular flexibility index (Phi) is 7.27. The van der Waals surface area contributed by atoms with Crippen molar-refractivity contribution in [1.82, 2.24) is 9.55 Å². The summed E-state index contributed by atoms with van der Waals surface area (Å²) < 4.78 is 1.91. The van der Waals surface area contributed by atoms with E-state index in [1.54, 1.807) is 12.5 Å².